The van der Waals surface area contributed by atoms with Gasteiger partial charge in [0.2, 0.25) is 0 Å². The zero-order valence-corrected chi connectivity index (χ0v) is 15.0. The smallest absolute Gasteiger partial charge is 0.311 e. The molecule has 0 spiro atoms. The van der Waals surface area contributed by atoms with Gasteiger partial charge in [0.1, 0.15) is 0 Å². The third-order valence-electron chi connectivity index (χ3n) is 6.14. The standard InChI is InChI=1S/C16H30O3Si/c1-14(2,3)20(5,6)19-12-15-7-9-16(11-15,10-8-15)13(17)18-4/h7-12H2,1-6H3. The molecule has 2 bridgehead atoms. The lowest BCUT2D eigenvalue weighted by molar-refractivity contribution is -0.152. The van der Waals surface area contributed by atoms with Crippen molar-refractivity contribution in [3.63, 3.8) is 0 Å². The van der Waals surface area contributed by atoms with Crippen LogP contribution in [0.5, 0.6) is 0 Å². The Morgan fingerprint density at radius 3 is 2.15 bits per heavy atom. The minimum atomic E-state index is -1.69. The highest BCUT2D eigenvalue weighted by atomic mass is 28.4. The molecule has 0 amide bonds. The Hall–Kier alpha value is -0.353. The summed E-state index contributed by atoms with van der Waals surface area (Å²) >= 11 is 0. The Balaban J connectivity index is 2.01. The average Bonchev–Trinajstić information content (AvgIpc) is 2.92. The van der Waals surface area contributed by atoms with Gasteiger partial charge in [-0.1, -0.05) is 20.8 Å². The molecule has 0 atom stereocenters. The number of hydrogen-bond acceptors (Lipinski definition) is 3. The van der Waals surface area contributed by atoms with Gasteiger partial charge in [0.05, 0.1) is 12.5 Å². The van der Waals surface area contributed by atoms with E-state index in [9.17, 15) is 4.79 Å². The third-order valence-corrected chi connectivity index (χ3v) is 10.6. The van der Waals surface area contributed by atoms with Crippen LogP contribution in [0.4, 0.5) is 0 Å². The van der Waals surface area contributed by atoms with Gasteiger partial charge >= 0.3 is 5.97 Å². The summed E-state index contributed by atoms with van der Waals surface area (Å²) in [5, 5.41) is 0.250. The van der Waals surface area contributed by atoms with Gasteiger partial charge in [-0.25, -0.2) is 0 Å². The van der Waals surface area contributed by atoms with Crippen LogP contribution in [0.3, 0.4) is 0 Å². The van der Waals surface area contributed by atoms with Crippen LogP contribution in [0.15, 0.2) is 0 Å². The minimum Gasteiger partial charge on any atom is -0.469 e. The molecule has 2 aliphatic carbocycles. The van der Waals surface area contributed by atoms with Gasteiger partial charge in [0, 0.05) is 6.61 Å². The first kappa shape index (κ1) is 16.0. The molecular formula is C16H30O3Si. The Labute approximate surface area is 124 Å². The summed E-state index contributed by atoms with van der Waals surface area (Å²) in [6, 6.07) is 0. The van der Waals surface area contributed by atoms with Crippen molar-refractivity contribution in [3.8, 4) is 0 Å². The van der Waals surface area contributed by atoms with E-state index < -0.39 is 8.32 Å². The second-order valence-corrected chi connectivity index (χ2v) is 13.3. The molecule has 116 valence electrons. The van der Waals surface area contributed by atoms with E-state index >= 15 is 0 Å². The zero-order valence-electron chi connectivity index (χ0n) is 14.0. The van der Waals surface area contributed by atoms with Gasteiger partial charge in [0.25, 0.3) is 0 Å². The lowest BCUT2D eigenvalue weighted by atomic mass is 9.82. The first-order valence-corrected chi connectivity index (χ1v) is 10.7. The molecule has 0 aromatic rings. The molecule has 2 fully saturated rings. The highest BCUT2D eigenvalue weighted by Gasteiger charge is 2.59. The molecule has 0 aliphatic heterocycles. The van der Waals surface area contributed by atoms with Crippen LogP contribution in [-0.4, -0.2) is 28.0 Å². The van der Waals surface area contributed by atoms with Crippen molar-refractivity contribution in [2.24, 2.45) is 10.8 Å². The van der Waals surface area contributed by atoms with E-state index in [1.165, 1.54) is 7.11 Å². The van der Waals surface area contributed by atoms with Crippen molar-refractivity contribution in [3.05, 3.63) is 0 Å². The summed E-state index contributed by atoms with van der Waals surface area (Å²) in [5.41, 5.74) is 0.0508. The number of hydrogen-bond donors (Lipinski definition) is 0. The molecule has 0 radical (unpaired) electrons. The van der Waals surface area contributed by atoms with Crippen molar-refractivity contribution < 1.29 is 14.0 Å². The van der Waals surface area contributed by atoms with Crippen LogP contribution in [0, 0.1) is 10.8 Å². The highest BCUT2D eigenvalue weighted by Crippen LogP contribution is 2.62. The minimum absolute atomic E-state index is 0.00389. The molecule has 3 nitrogen and oxygen atoms in total. The van der Waals surface area contributed by atoms with Crippen LogP contribution < -0.4 is 0 Å². The predicted octanol–water partition coefficient (Wildman–Crippen LogP) is 4.13. The molecule has 0 aromatic carbocycles. The Morgan fingerprint density at radius 2 is 1.70 bits per heavy atom. The van der Waals surface area contributed by atoms with Crippen LogP contribution in [0.1, 0.15) is 52.9 Å². The number of rotatable bonds is 4. The monoisotopic (exact) mass is 298 g/mol. The van der Waals surface area contributed by atoms with Crippen LogP contribution >= 0.6 is 0 Å². The van der Waals surface area contributed by atoms with Gasteiger partial charge < -0.3 is 9.16 Å². The molecule has 2 aliphatic rings. The maximum atomic E-state index is 12.0. The van der Waals surface area contributed by atoms with E-state index in [1.807, 2.05) is 0 Å². The highest BCUT2D eigenvalue weighted by molar-refractivity contribution is 6.74. The zero-order chi connectivity index (χ0) is 15.2. The molecule has 2 rings (SSSR count). The Morgan fingerprint density at radius 1 is 1.15 bits per heavy atom. The van der Waals surface area contributed by atoms with Gasteiger partial charge in [-0.05, 0) is 55.7 Å². The largest absolute Gasteiger partial charge is 0.469 e. The predicted molar refractivity (Wildman–Crippen MR) is 83.1 cm³/mol. The van der Waals surface area contributed by atoms with Gasteiger partial charge in [-0.2, -0.15) is 0 Å². The summed E-state index contributed by atoms with van der Waals surface area (Å²) in [6.45, 7) is 12.3. The topological polar surface area (TPSA) is 35.5 Å². The number of ether oxygens (including phenoxy) is 1. The second kappa shape index (κ2) is 4.84. The average molecular weight is 298 g/mol. The van der Waals surface area contributed by atoms with E-state index in [4.69, 9.17) is 9.16 Å². The fourth-order valence-corrected chi connectivity index (χ4v) is 4.67. The van der Waals surface area contributed by atoms with Crippen LogP contribution in [0.25, 0.3) is 0 Å². The van der Waals surface area contributed by atoms with E-state index in [-0.39, 0.29) is 21.8 Å². The SMILES string of the molecule is COC(=O)C12CCC(CO[Si](C)(C)C(C)(C)C)(CC1)C2. The number of methoxy groups -OCH3 is 1. The second-order valence-electron chi connectivity index (χ2n) is 8.50. The van der Waals surface area contributed by atoms with Gasteiger partial charge in [-0.3, -0.25) is 4.79 Å². The van der Waals surface area contributed by atoms with Gasteiger partial charge in [-0.15, -0.1) is 0 Å². The molecule has 0 aromatic heterocycles. The maximum absolute atomic E-state index is 12.0. The number of carbonyl (C=O) groups excluding carboxylic acids is 1. The quantitative estimate of drug-likeness (QED) is 0.578. The summed E-state index contributed by atoms with van der Waals surface area (Å²) < 4.78 is 11.5. The van der Waals surface area contributed by atoms with Crippen LogP contribution in [-0.2, 0) is 14.0 Å². The van der Waals surface area contributed by atoms with E-state index in [1.54, 1.807) is 0 Å². The van der Waals surface area contributed by atoms with Crippen molar-refractivity contribution in [2.45, 2.75) is 71.0 Å². The molecule has 20 heavy (non-hydrogen) atoms. The molecule has 0 unspecified atom stereocenters. The lowest BCUT2D eigenvalue weighted by Gasteiger charge is -2.39. The van der Waals surface area contributed by atoms with E-state index in [0.717, 1.165) is 38.7 Å². The van der Waals surface area contributed by atoms with Gasteiger partial charge in [0.15, 0.2) is 8.32 Å². The fourth-order valence-electron chi connectivity index (χ4n) is 3.57. The number of fused-ring (bicyclic) bond motifs is 2. The fraction of sp³-hybridized carbons (Fsp3) is 0.938. The summed E-state index contributed by atoms with van der Waals surface area (Å²) in [4.78, 5) is 12.0. The normalized spacial score (nSPS) is 33.5. The first-order valence-electron chi connectivity index (χ1n) is 7.78. The number of esters is 1. The summed E-state index contributed by atoms with van der Waals surface area (Å²) in [7, 11) is -0.178. The molecular weight excluding hydrogens is 268 g/mol. The molecule has 0 N–H and O–H groups in total. The van der Waals surface area contributed by atoms with E-state index in [2.05, 4.69) is 33.9 Å². The van der Waals surface area contributed by atoms with Crippen molar-refractivity contribution in [1.29, 1.82) is 0 Å². The number of carbonyl (C=O) groups is 1. The molecule has 0 saturated heterocycles. The third kappa shape index (κ3) is 2.57. The summed E-state index contributed by atoms with van der Waals surface area (Å²) in [6.07, 6.45) is 5.19. The lowest BCUT2D eigenvalue weighted by Crippen LogP contribution is -2.43. The van der Waals surface area contributed by atoms with Crippen LogP contribution in [0.2, 0.25) is 18.1 Å². The Bertz CT molecular complexity index is 387. The van der Waals surface area contributed by atoms with Crippen molar-refractivity contribution >= 4 is 14.3 Å². The van der Waals surface area contributed by atoms with Crippen molar-refractivity contribution in [1.82, 2.24) is 0 Å². The van der Waals surface area contributed by atoms with Crippen molar-refractivity contribution in [2.75, 3.05) is 13.7 Å². The summed E-state index contributed by atoms with van der Waals surface area (Å²) in [5.74, 6) is 0.00389. The molecule has 0 heterocycles. The molecule has 4 heteroatoms. The molecule has 2 saturated carbocycles. The Kier molecular flexibility index (Phi) is 3.88. The first-order chi connectivity index (χ1) is 9.06. The maximum Gasteiger partial charge on any atom is 0.311 e. The van der Waals surface area contributed by atoms with E-state index in [0.29, 0.717) is 0 Å².